The van der Waals surface area contributed by atoms with Gasteiger partial charge in [0.05, 0.1) is 16.3 Å². The zero-order valence-electron chi connectivity index (χ0n) is 27.4. The fraction of sp³-hybridized carbons (Fsp3) is 0.571. The standard InChI is InChI=1S/C35H44ClF3N6O4/c36-28-20-22(19-27(31(28)40)35(37,38)39)21-30(32(46)43-14-7-24(8-15-43)23-5-12-41-13-6-23)49-34(48)44-16-10-26(11-17-44)45-18-9-25-3-1-2-4-29(25)42-33(45)47/h1-4,19-20,23-24,26,30,41H,5-18,21,40H2,(H,42,47)/t30-/m1/s1. The number of carbonyl (C=O) groups excluding carboxylic acids is 3. The molecular formula is C35H44ClF3N6O4. The van der Waals surface area contributed by atoms with E-state index in [1.807, 2.05) is 29.2 Å². The molecule has 266 valence electrons. The maximum atomic E-state index is 13.9. The second kappa shape index (κ2) is 15.0. The minimum absolute atomic E-state index is 0.0882. The molecule has 4 heterocycles. The number of alkyl halides is 3. The zero-order valence-corrected chi connectivity index (χ0v) is 28.2. The molecule has 4 amide bonds. The Bertz CT molecular complexity index is 1520. The number of rotatable bonds is 6. The van der Waals surface area contributed by atoms with Crippen LogP contribution in [-0.2, 0) is 28.5 Å². The van der Waals surface area contributed by atoms with Crippen LogP contribution in [0.1, 0.15) is 55.2 Å². The highest BCUT2D eigenvalue weighted by Gasteiger charge is 2.38. The van der Waals surface area contributed by atoms with E-state index in [0.29, 0.717) is 63.8 Å². The summed E-state index contributed by atoms with van der Waals surface area (Å²) in [4.78, 5) is 45.5. The van der Waals surface area contributed by atoms with Crippen molar-refractivity contribution in [2.24, 2.45) is 11.8 Å². The monoisotopic (exact) mass is 704 g/mol. The highest BCUT2D eigenvalue weighted by molar-refractivity contribution is 6.33. The third-order valence-corrected chi connectivity index (χ3v) is 11.0. The van der Waals surface area contributed by atoms with E-state index in [1.54, 1.807) is 4.90 Å². The summed E-state index contributed by atoms with van der Waals surface area (Å²) in [6.07, 6.45) is -1.51. The van der Waals surface area contributed by atoms with Gasteiger partial charge in [-0.2, -0.15) is 13.2 Å². The summed E-state index contributed by atoms with van der Waals surface area (Å²) in [5, 5.41) is 6.09. The minimum atomic E-state index is -4.76. The molecule has 4 aliphatic heterocycles. The Hall–Kier alpha value is -3.71. The minimum Gasteiger partial charge on any atom is -0.436 e. The highest BCUT2D eigenvalue weighted by atomic mass is 35.5. The van der Waals surface area contributed by atoms with Crippen LogP contribution >= 0.6 is 11.6 Å². The number of ether oxygens (including phenoxy) is 1. The van der Waals surface area contributed by atoms with Crippen LogP contribution in [0.2, 0.25) is 5.02 Å². The molecular weight excluding hydrogens is 661 g/mol. The van der Waals surface area contributed by atoms with Crippen molar-refractivity contribution in [2.45, 2.75) is 69.7 Å². The summed E-state index contributed by atoms with van der Waals surface area (Å²) in [5.41, 5.74) is 5.91. The number of nitrogen functional groups attached to an aromatic ring is 1. The van der Waals surface area contributed by atoms with Gasteiger partial charge in [0.1, 0.15) is 0 Å². The first-order valence-electron chi connectivity index (χ1n) is 17.2. The van der Waals surface area contributed by atoms with Crippen molar-refractivity contribution in [1.82, 2.24) is 20.0 Å². The van der Waals surface area contributed by atoms with Crippen LogP contribution in [0.15, 0.2) is 36.4 Å². The number of nitrogens with one attached hydrogen (secondary N) is 2. The summed E-state index contributed by atoms with van der Waals surface area (Å²) in [6, 6.07) is 9.59. The van der Waals surface area contributed by atoms with E-state index in [9.17, 15) is 27.6 Å². The molecule has 0 radical (unpaired) electrons. The highest BCUT2D eigenvalue weighted by Crippen LogP contribution is 2.38. The third kappa shape index (κ3) is 8.20. The van der Waals surface area contributed by atoms with Crippen molar-refractivity contribution in [3.8, 4) is 0 Å². The third-order valence-electron chi connectivity index (χ3n) is 10.6. The maximum absolute atomic E-state index is 13.9. The Kier molecular flexibility index (Phi) is 10.8. The van der Waals surface area contributed by atoms with Crippen LogP contribution in [0.4, 0.5) is 34.1 Å². The molecule has 0 bridgehead atoms. The normalized spacial score (nSPS) is 20.7. The van der Waals surface area contributed by atoms with Gasteiger partial charge in [-0.15, -0.1) is 0 Å². The number of nitrogens with two attached hydrogens (primary N) is 1. The molecule has 10 nitrogen and oxygen atoms in total. The number of amides is 4. The second-order valence-corrected chi connectivity index (χ2v) is 14.0. The lowest BCUT2D eigenvalue weighted by Crippen LogP contribution is -2.52. The number of hydrogen-bond acceptors (Lipinski definition) is 6. The van der Waals surface area contributed by atoms with Gasteiger partial charge >= 0.3 is 18.3 Å². The van der Waals surface area contributed by atoms with Crippen molar-refractivity contribution in [2.75, 3.05) is 56.9 Å². The van der Waals surface area contributed by atoms with Crippen molar-refractivity contribution >= 4 is 41.0 Å². The number of halogens is 4. The van der Waals surface area contributed by atoms with Crippen LogP contribution in [0.5, 0.6) is 0 Å². The van der Waals surface area contributed by atoms with Crippen LogP contribution in [0, 0.1) is 11.8 Å². The SMILES string of the molecule is Nc1c(Cl)cc(C[C@@H](OC(=O)N2CCC(N3CCc4ccccc4NC3=O)CC2)C(=O)N2CCC(C3CCNCC3)CC2)cc1C(F)(F)F. The van der Waals surface area contributed by atoms with Gasteiger partial charge in [-0.05, 0) is 99.2 Å². The molecule has 4 N–H and O–H groups in total. The number of piperidine rings is 3. The molecule has 2 aromatic rings. The predicted molar refractivity (Wildman–Crippen MR) is 180 cm³/mol. The molecule has 3 fully saturated rings. The van der Waals surface area contributed by atoms with E-state index in [1.165, 1.54) is 11.0 Å². The van der Waals surface area contributed by atoms with Gasteiger partial charge in [0.2, 0.25) is 0 Å². The van der Waals surface area contributed by atoms with Crippen LogP contribution in [0.3, 0.4) is 0 Å². The van der Waals surface area contributed by atoms with E-state index < -0.39 is 35.5 Å². The number of carbonyl (C=O) groups is 3. The van der Waals surface area contributed by atoms with Crippen LogP contribution in [0.25, 0.3) is 0 Å². The number of benzene rings is 2. The molecule has 1 atom stereocenters. The van der Waals surface area contributed by atoms with Gasteiger partial charge in [-0.25, -0.2) is 9.59 Å². The molecule has 49 heavy (non-hydrogen) atoms. The molecule has 6 rings (SSSR count). The van der Waals surface area contributed by atoms with Gasteiger partial charge in [-0.3, -0.25) is 4.79 Å². The predicted octanol–water partition coefficient (Wildman–Crippen LogP) is 5.78. The molecule has 0 aromatic heterocycles. The summed E-state index contributed by atoms with van der Waals surface area (Å²) < 4.78 is 47.2. The first-order chi connectivity index (χ1) is 23.5. The van der Waals surface area contributed by atoms with E-state index in [0.717, 1.165) is 56.1 Å². The number of nitrogens with zero attached hydrogens (tertiary/aromatic N) is 3. The quantitative estimate of drug-likeness (QED) is 0.328. The lowest BCUT2D eigenvalue weighted by atomic mass is 9.79. The summed E-state index contributed by atoms with van der Waals surface area (Å²) in [5.74, 6) is 0.664. The Morgan fingerprint density at radius 3 is 2.29 bits per heavy atom. The van der Waals surface area contributed by atoms with Crippen LogP contribution in [-0.4, -0.2) is 90.7 Å². The van der Waals surface area contributed by atoms with Crippen molar-refractivity contribution in [1.29, 1.82) is 0 Å². The first kappa shape index (κ1) is 35.1. The van der Waals surface area contributed by atoms with Gasteiger partial charge in [0, 0.05) is 50.9 Å². The number of para-hydroxylation sites is 1. The zero-order chi connectivity index (χ0) is 34.7. The van der Waals surface area contributed by atoms with E-state index in [4.69, 9.17) is 22.1 Å². The fourth-order valence-corrected chi connectivity index (χ4v) is 8.07. The van der Waals surface area contributed by atoms with E-state index in [2.05, 4.69) is 10.6 Å². The second-order valence-electron chi connectivity index (χ2n) is 13.6. The summed E-state index contributed by atoms with van der Waals surface area (Å²) >= 11 is 6.11. The topological polar surface area (TPSA) is 120 Å². The average molecular weight is 705 g/mol. The summed E-state index contributed by atoms with van der Waals surface area (Å²) in [7, 11) is 0. The molecule has 0 spiro atoms. The molecule has 2 aromatic carbocycles. The summed E-state index contributed by atoms with van der Waals surface area (Å²) in [6.45, 7) is 4.11. The van der Waals surface area contributed by atoms with Crippen molar-refractivity contribution in [3.05, 3.63) is 58.1 Å². The first-order valence-corrected chi connectivity index (χ1v) is 17.6. The van der Waals surface area contributed by atoms with Crippen molar-refractivity contribution < 1.29 is 32.3 Å². The molecule has 3 saturated heterocycles. The molecule has 4 aliphatic rings. The van der Waals surface area contributed by atoms with Gasteiger partial charge < -0.3 is 35.8 Å². The number of fused-ring (bicyclic) bond motifs is 1. The number of likely N-dealkylation sites (tertiary alicyclic amines) is 2. The number of urea groups is 1. The molecule has 0 unspecified atom stereocenters. The van der Waals surface area contributed by atoms with Gasteiger partial charge in [0.15, 0.2) is 6.10 Å². The average Bonchev–Trinajstić information content (AvgIpc) is 3.27. The molecule has 0 saturated carbocycles. The molecule has 14 heteroatoms. The van der Waals surface area contributed by atoms with Gasteiger partial charge in [-0.1, -0.05) is 29.8 Å². The van der Waals surface area contributed by atoms with E-state index in [-0.39, 0.29) is 29.1 Å². The Balaban J connectivity index is 1.12. The Labute approximate surface area is 289 Å². The number of anilines is 2. The smallest absolute Gasteiger partial charge is 0.418 e. The lowest BCUT2D eigenvalue weighted by Gasteiger charge is -2.39. The fourth-order valence-electron chi connectivity index (χ4n) is 7.82. The van der Waals surface area contributed by atoms with Crippen molar-refractivity contribution in [3.63, 3.8) is 0 Å². The Morgan fingerprint density at radius 1 is 0.939 bits per heavy atom. The van der Waals surface area contributed by atoms with Gasteiger partial charge in [0.25, 0.3) is 5.91 Å². The van der Waals surface area contributed by atoms with E-state index >= 15 is 0 Å². The van der Waals surface area contributed by atoms with Crippen LogP contribution < -0.4 is 16.4 Å². The maximum Gasteiger partial charge on any atom is 0.418 e. The molecule has 0 aliphatic carbocycles. The Morgan fingerprint density at radius 2 is 1.59 bits per heavy atom. The lowest BCUT2D eigenvalue weighted by molar-refractivity contribution is -0.142. The largest absolute Gasteiger partial charge is 0.436 e. The number of hydrogen-bond donors (Lipinski definition) is 3.